The van der Waals surface area contributed by atoms with Crippen molar-refractivity contribution in [3.05, 3.63) is 24.3 Å². The van der Waals surface area contributed by atoms with Crippen LogP contribution in [0.2, 0.25) is 39.3 Å². The molecule has 0 N–H and O–H groups in total. The van der Waals surface area contributed by atoms with Crippen molar-refractivity contribution >= 4 is 32.5 Å². The van der Waals surface area contributed by atoms with Gasteiger partial charge in [0, 0.05) is 16.1 Å². The van der Waals surface area contributed by atoms with Crippen molar-refractivity contribution in [3.8, 4) is 11.5 Å². The van der Waals surface area contributed by atoms with Crippen molar-refractivity contribution in [1.82, 2.24) is 0 Å². The van der Waals surface area contributed by atoms with E-state index in [2.05, 4.69) is 39.3 Å². The summed E-state index contributed by atoms with van der Waals surface area (Å²) in [6.07, 6.45) is 0. The van der Waals surface area contributed by atoms with E-state index in [-0.39, 0.29) is 0 Å². The lowest BCUT2D eigenvalue weighted by molar-refractivity contribution is 0.595. The first-order valence-electron chi connectivity index (χ1n) is 6.69. The Kier molecular flexibility index (Phi) is 4.47. The summed E-state index contributed by atoms with van der Waals surface area (Å²) in [5.41, 5.74) is 0. The van der Waals surface area contributed by atoms with Crippen molar-refractivity contribution in [1.29, 1.82) is 0 Å². The minimum atomic E-state index is -1.16. The van der Waals surface area contributed by atoms with Gasteiger partial charge in [-0.3, -0.25) is 0 Å². The van der Waals surface area contributed by atoms with Crippen molar-refractivity contribution in [2.45, 2.75) is 44.2 Å². The van der Waals surface area contributed by atoms with Crippen LogP contribution in [0.15, 0.2) is 24.3 Å². The molecule has 6 heteroatoms. The fourth-order valence-corrected chi connectivity index (χ4v) is 27.6. The molecule has 0 amide bonds. The average molecular weight is 330 g/mol. The second kappa shape index (κ2) is 5.48. The van der Waals surface area contributed by atoms with E-state index < -0.39 is 24.2 Å². The Morgan fingerprint density at radius 3 is 1.68 bits per heavy atom. The smallest absolute Gasteiger partial charge is 0.310 e. The Morgan fingerprint density at radius 1 is 0.895 bits per heavy atom. The van der Waals surface area contributed by atoms with Crippen LogP contribution in [0.4, 0.5) is 0 Å². The highest BCUT2D eigenvalue weighted by Gasteiger charge is 2.42. The van der Waals surface area contributed by atoms with E-state index in [1.165, 1.54) is 0 Å². The molecule has 2 nitrogen and oxygen atoms in total. The molecule has 0 spiro atoms. The van der Waals surface area contributed by atoms with Crippen molar-refractivity contribution in [2.24, 2.45) is 0 Å². The summed E-state index contributed by atoms with van der Waals surface area (Å²) in [6.45, 7) is 14.9. The molecular formula is C13H24O2P2Si2. The van der Waals surface area contributed by atoms with E-state index in [1.54, 1.807) is 0 Å². The topological polar surface area (TPSA) is 18.5 Å². The summed E-state index contributed by atoms with van der Waals surface area (Å²) in [5, 5.41) is 0. The zero-order valence-corrected chi connectivity index (χ0v) is 16.5. The predicted molar refractivity (Wildman–Crippen MR) is 93.4 cm³/mol. The van der Waals surface area contributed by atoms with Gasteiger partial charge in [-0.05, 0) is 25.3 Å². The van der Waals surface area contributed by atoms with Crippen LogP contribution in [0, 0.1) is 0 Å². The van der Waals surface area contributed by atoms with Gasteiger partial charge >= 0.3 is 8.06 Å². The molecule has 0 aromatic heterocycles. The highest BCUT2D eigenvalue weighted by molar-refractivity contribution is 8.19. The van der Waals surface area contributed by atoms with Crippen LogP contribution in [-0.4, -0.2) is 21.1 Å². The van der Waals surface area contributed by atoms with Crippen LogP contribution in [0.1, 0.15) is 0 Å². The Labute approximate surface area is 121 Å². The van der Waals surface area contributed by atoms with Gasteiger partial charge in [-0.1, -0.05) is 51.4 Å². The fraction of sp³-hybridized carbons (Fsp3) is 0.538. The Balaban J connectivity index is 2.09. The largest absolute Gasteiger partial charge is 0.432 e. The lowest BCUT2D eigenvalue weighted by Crippen LogP contribution is -2.50. The van der Waals surface area contributed by atoms with E-state index in [0.717, 1.165) is 24.7 Å². The Morgan fingerprint density at radius 2 is 1.32 bits per heavy atom. The number of rotatable bonds is 4. The fourth-order valence-electron chi connectivity index (χ4n) is 2.64. The summed E-state index contributed by atoms with van der Waals surface area (Å²) in [5.74, 6) is 1.87. The van der Waals surface area contributed by atoms with Crippen molar-refractivity contribution in [2.75, 3.05) is 0 Å². The van der Waals surface area contributed by atoms with Gasteiger partial charge in [-0.2, -0.15) is 0 Å². The lowest BCUT2D eigenvalue weighted by atomic mass is 10.3. The van der Waals surface area contributed by atoms with Gasteiger partial charge in [0.05, 0.1) is 0 Å². The molecule has 0 fully saturated rings. The normalized spacial score (nSPS) is 16.8. The number of hydrogen-bond donors (Lipinski definition) is 0. The highest BCUT2D eigenvalue weighted by atomic mass is 32.1. The maximum absolute atomic E-state index is 6.03. The molecule has 1 aromatic rings. The molecule has 1 aromatic carbocycles. The van der Waals surface area contributed by atoms with Crippen LogP contribution in [0.5, 0.6) is 11.5 Å². The number of benzene rings is 1. The second-order valence-electron chi connectivity index (χ2n) is 7.18. The molecular weight excluding hydrogens is 306 g/mol. The Bertz CT molecular complexity index is 416. The molecule has 1 aliphatic rings. The molecule has 0 saturated heterocycles. The number of para-hydroxylation sites is 2. The zero-order valence-electron chi connectivity index (χ0n) is 12.7. The minimum absolute atomic E-state index is 0.743. The monoisotopic (exact) mass is 330 g/mol. The molecule has 0 radical (unpaired) electrons. The summed E-state index contributed by atoms with van der Waals surface area (Å²) in [7, 11) is -2.25. The quantitative estimate of drug-likeness (QED) is 0.537. The number of fused-ring (bicyclic) bond motifs is 1. The van der Waals surface area contributed by atoms with E-state index in [9.17, 15) is 0 Å². The third kappa shape index (κ3) is 3.81. The van der Waals surface area contributed by atoms with Gasteiger partial charge in [0.25, 0.3) is 0 Å². The first-order valence-corrected chi connectivity index (χ1v) is 16.9. The Hall–Kier alpha value is 0.114. The van der Waals surface area contributed by atoms with Crippen molar-refractivity contribution < 1.29 is 9.05 Å². The van der Waals surface area contributed by atoms with Gasteiger partial charge in [0.15, 0.2) is 11.5 Å². The molecule has 106 valence electrons. The van der Waals surface area contributed by atoms with Gasteiger partial charge in [-0.15, -0.1) is 0 Å². The molecule has 0 aliphatic carbocycles. The molecule has 0 bridgehead atoms. The van der Waals surface area contributed by atoms with Crippen LogP contribution in [0.3, 0.4) is 0 Å². The summed E-state index contributed by atoms with van der Waals surface area (Å²) >= 11 is 0. The van der Waals surface area contributed by atoms with Crippen LogP contribution >= 0.6 is 16.3 Å². The molecule has 0 saturated carbocycles. The molecule has 1 unspecified atom stereocenters. The van der Waals surface area contributed by atoms with Crippen LogP contribution in [0.25, 0.3) is 0 Å². The standard InChI is InChI=1S/C13H24O2P2Si2/c1-18(2,3)13(19(4,5)6)16-17-14-11-9-7-8-10-12(11)15-17/h7-10,13,16H,1-6H3. The molecule has 1 aliphatic heterocycles. The number of hydrogen-bond acceptors (Lipinski definition) is 2. The average Bonchev–Trinajstić information content (AvgIpc) is 2.65. The zero-order chi connectivity index (χ0) is 14.3. The maximum atomic E-state index is 6.03. The summed E-state index contributed by atoms with van der Waals surface area (Å²) in [6, 6.07) is 8.05. The summed E-state index contributed by atoms with van der Waals surface area (Å²) < 4.78 is 12.1. The van der Waals surface area contributed by atoms with E-state index in [0.29, 0.717) is 0 Å². The van der Waals surface area contributed by atoms with Gasteiger partial charge < -0.3 is 9.05 Å². The molecule has 1 atom stereocenters. The minimum Gasteiger partial charge on any atom is -0.432 e. The van der Waals surface area contributed by atoms with Gasteiger partial charge in [0.2, 0.25) is 0 Å². The van der Waals surface area contributed by atoms with E-state index in [1.807, 2.05) is 24.3 Å². The third-order valence-electron chi connectivity index (χ3n) is 3.18. The molecule has 1 heterocycles. The predicted octanol–water partition coefficient (Wildman–Crippen LogP) is 5.49. The van der Waals surface area contributed by atoms with Gasteiger partial charge in [-0.25, -0.2) is 0 Å². The first-order chi connectivity index (χ1) is 8.68. The first kappa shape index (κ1) is 15.5. The highest BCUT2D eigenvalue weighted by Crippen LogP contribution is 2.66. The summed E-state index contributed by atoms with van der Waals surface area (Å²) in [4.78, 5) is 0.862. The third-order valence-corrected chi connectivity index (χ3v) is 22.5. The second-order valence-corrected chi connectivity index (χ2v) is 23.1. The van der Waals surface area contributed by atoms with Crippen LogP contribution in [-0.2, 0) is 0 Å². The van der Waals surface area contributed by atoms with Crippen LogP contribution < -0.4 is 9.05 Å². The molecule has 19 heavy (non-hydrogen) atoms. The lowest BCUT2D eigenvalue weighted by Gasteiger charge is -2.38. The maximum Gasteiger partial charge on any atom is 0.310 e. The van der Waals surface area contributed by atoms with E-state index in [4.69, 9.17) is 9.05 Å². The van der Waals surface area contributed by atoms with E-state index >= 15 is 0 Å². The molecule has 2 rings (SSSR count). The van der Waals surface area contributed by atoms with Gasteiger partial charge in [0.1, 0.15) is 0 Å². The SMILES string of the molecule is C[Si](C)(C)C(PP1Oc2ccccc2O1)[Si](C)(C)C. The van der Waals surface area contributed by atoms with Crippen molar-refractivity contribution in [3.63, 3.8) is 0 Å².